The minimum Gasteiger partial charge on any atom is -0.342 e. The normalized spacial score (nSPS) is 11.5. The van der Waals surface area contributed by atoms with E-state index in [9.17, 15) is 0 Å². The first-order valence-electron chi connectivity index (χ1n) is 9.81. The van der Waals surface area contributed by atoms with E-state index >= 15 is 0 Å². The van der Waals surface area contributed by atoms with Crippen LogP contribution in [-0.2, 0) is 12.8 Å². The highest BCUT2D eigenvalue weighted by Gasteiger charge is 2.09. The molecule has 2 heterocycles. The van der Waals surface area contributed by atoms with Crippen LogP contribution < -0.4 is 0 Å². The number of rotatable bonds is 4. The summed E-state index contributed by atoms with van der Waals surface area (Å²) in [5, 5.41) is 0. The van der Waals surface area contributed by atoms with E-state index in [2.05, 4.69) is 89.5 Å². The van der Waals surface area contributed by atoms with Crippen molar-refractivity contribution in [2.75, 3.05) is 0 Å². The van der Waals surface area contributed by atoms with Gasteiger partial charge in [-0.3, -0.25) is 0 Å². The summed E-state index contributed by atoms with van der Waals surface area (Å²) in [5.41, 5.74) is 8.91. The Hall–Kier alpha value is -3.40. The summed E-state index contributed by atoms with van der Waals surface area (Å²) in [6, 6.07) is 21.4. The van der Waals surface area contributed by atoms with Crippen LogP contribution >= 0.6 is 0 Å². The van der Waals surface area contributed by atoms with Crippen LogP contribution in [0.1, 0.15) is 25.2 Å². The predicted molar refractivity (Wildman–Crippen MR) is 115 cm³/mol. The molecule has 2 N–H and O–H groups in total. The molecule has 2 aromatic heterocycles. The van der Waals surface area contributed by atoms with Gasteiger partial charge in [0.1, 0.15) is 11.6 Å². The number of fused-ring (bicyclic) bond motifs is 2. The number of aromatic amines is 2. The van der Waals surface area contributed by atoms with Gasteiger partial charge in [0.05, 0.1) is 22.1 Å². The molecule has 0 atom stereocenters. The van der Waals surface area contributed by atoms with Gasteiger partial charge in [-0.25, -0.2) is 9.97 Å². The third kappa shape index (κ3) is 2.87. The summed E-state index contributed by atoms with van der Waals surface area (Å²) in [6.45, 7) is 4.28. The van der Waals surface area contributed by atoms with Gasteiger partial charge in [0.25, 0.3) is 0 Å². The Morgan fingerprint density at radius 1 is 0.643 bits per heavy atom. The lowest BCUT2D eigenvalue weighted by Gasteiger charge is -2.01. The zero-order valence-electron chi connectivity index (χ0n) is 16.1. The third-order valence-corrected chi connectivity index (χ3v) is 5.32. The number of benzene rings is 3. The molecule has 3 aromatic carbocycles. The zero-order valence-corrected chi connectivity index (χ0v) is 16.1. The van der Waals surface area contributed by atoms with E-state index < -0.39 is 0 Å². The maximum absolute atomic E-state index is 4.77. The molecule has 0 aliphatic carbocycles. The average Bonchev–Trinajstić information content (AvgIpc) is 3.36. The first-order valence-corrected chi connectivity index (χ1v) is 9.81. The fourth-order valence-corrected chi connectivity index (χ4v) is 3.63. The molecule has 138 valence electrons. The Bertz CT molecular complexity index is 1280. The summed E-state index contributed by atoms with van der Waals surface area (Å²) in [7, 11) is 0. The summed E-state index contributed by atoms with van der Waals surface area (Å²) < 4.78 is 0. The van der Waals surface area contributed by atoms with E-state index in [0.717, 1.165) is 52.1 Å². The molecule has 0 saturated carbocycles. The maximum atomic E-state index is 4.77. The van der Waals surface area contributed by atoms with Crippen LogP contribution in [-0.4, -0.2) is 19.9 Å². The Morgan fingerprint density at radius 2 is 1.25 bits per heavy atom. The minimum absolute atomic E-state index is 0.909. The first kappa shape index (κ1) is 16.8. The predicted octanol–water partition coefficient (Wildman–Crippen LogP) is 5.90. The number of hydrogen-bond donors (Lipinski definition) is 2. The molecule has 0 spiro atoms. The Morgan fingerprint density at radius 3 is 1.89 bits per heavy atom. The highest BCUT2D eigenvalue weighted by molar-refractivity contribution is 5.87. The van der Waals surface area contributed by atoms with Gasteiger partial charge in [-0.1, -0.05) is 50.2 Å². The van der Waals surface area contributed by atoms with Gasteiger partial charge in [0.15, 0.2) is 0 Å². The molecule has 5 rings (SSSR count). The quantitative estimate of drug-likeness (QED) is 0.416. The van der Waals surface area contributed by atoms with Crippen molar-refractivity contribution in [1.29, 1.82) is 0 Å². The fraction of sp³-hybridized carbons (Fsp3) is 0.167. The molecule has 4 heteroatoms. The molecule has 0 unspecified atom stereocenters. The topological polar surface area (TPSA) is 57.4 Å². The van der Waals surface area contributed by atoms with E-state index in [1.807, 2.05) is 0 Å². The second-order valence-electron chi connectivity index (χ2n) is 7.14. The summed E-state index contributed by atoms with van der Waals surface area (Å²) in [5.74, 6) is 1.93. The zero-order chi connectivity index (χ0) is 19.1. The molecule has 0 fully saturated rings. The number of nitrogens with zero attached hydrogens (tertiary/aromatic N) is 2. The van der Waals surface area contributed by atoms with Crippen molar-refractivity contribution < 1.29 is 0 Å². The van der Waals surface area contributed by atoms with Crippen LogP contribution in [0.15, 0.2) is 60.7 Å². The standard InChI is InChI=1S/C24H22N4/c1-3-15-5-7-16(8-6-15)24-27-20-12-10-18(14-22(20)28-24)17-9-11-19-21(13-17)26-23(4-2)25-19/h5-14H,3-4H2,1-2H3,(H,25,26)(H,27,28). The lowest BCUT2D eigenvalue weighted by Crippen LogP contribution is -1.82. The van der Waals surface area contributed by atoms with Crippen LogP contribution in [0.3, 0.4) is 0 Å². The Balaban J connectivity index is 1.54. The van der Waals surface area contributed by atoms with Gasteiger partial charge >= 0.3 is 0 Å². The van der Waals surface area contributed by atoms with Gasteiger partial charge in [0.2, 0.25) is 0 Å². The molecule has 0 aliphatic heterocycles. The molecule has 0 radical (unpaired) electrons. The average molecular weight is 366 g/mol. The minimum atomic E-state index is 0.909. The van der Waals surface area contributed by atoms with Crippen LogP contribution in [0.25, 0.3) is 44.6 Å². The van der Waals surface area contributed by atoms with Crippen LogP contribution in [0.4, 0.5) is 0 Å². The molecule has 0 amide bonds. The van der Waals surface area contributed by atoms with Crippen molar-refractivity contribution >= 4 is 22.1 Å². The number of aromatic nitrogens is 4. The molecule has 0 saturated heterocycles. The van der Waals surface area contributed by atoms with Crippen molar-refractivity contribution in [1.82, 2.24) is 19.9 Å². The number of aryl methyl sites for hydroxylation is 2. The van der Waals surface area contributed by atoms with E-state index in [1.54, 1.807) is 0 Å². The van der Waals surface area contributed by atoms with Gasteiger partial charge in [-0.2, -0.15) is 0 Å². The number of hydrogen-bond acceptors (Lipinski definition) is 2. The summed E-state index contributed by atoms with van der Waals surface area (Å²) in [4.78, 5) is 16.2. The first-order chi connectivity index (χ1) is 13.7. The Kier molecular flexibility index (Phi) is 3.97. The van der Waals surface area contributed by atoms with Gasteiger partial charge < -0.3 is 9.97 Å². The lowest BCUT2D eigenvalue weighted by atomic mass is 10.0. The molecular weight excluding hydrogens is 344 g/mol. The lowest BCUT2D eigenvalue weighted by molar-refractivity contribution is 1.00. The second-order valence-corrected chi connectivity index (χ2v) is 7.14. The molecule has 28 heavy (non-hydrogen) atoms. The number of H-pyrrole nitrogens is 2. The van der Waals surface area contributed by atoms with E-state index in [4.69, 9.17) is 4.98 Å². The van der Waals surface area contributed by atoms with Crippen molar-refractivity contribution in [3.63, 3.8) is 0 Å². The van der Waals surface area contributed by atoms with Gasteiger partial charge in [-0.15, -0.1) is 0 Å². The van der Waals surface area contributed by atoms with E-state index in [-0.39, 0.29) is 0 Å². The number of imidazole rings is 2. The molecule has 0 bridgehead atoms. The largest absolute Gasteiger partial charge is 0.342 e. The number of nitrogens with one attached hydrogen (secondary N) is 2. The summed E-state index contributed by atoms with van der Waals surface area (Å²) in [6.07, 6.45) is 1.95. The van der Waals surface area contributed by atoms with Crippen molar-refractivity contribution in [3.8, 4) is 22.5 Å². The van der Waals surface area contributed by atoms with Crippen molar-refractivity contribution in [2.45, 2.75) is 26.7 Å². The molecular formula is C24H22N4. The van der Waals surface area contributed by atoms with Crippen LogP contribution in [0, 0.1) is 0 Å². The maximum Gasteiger partial charge on any atom is 0.138 e. The van der Waals surface area contributed by atoms with Gasteiger partial charge in [-0.05, 0) is 47.4 Å². The molecule has 4 nitrogen and oxygen atoms in total. The fourth-order valence-electron chi connectivity index (χ4n) is 3.63. The van der Waals surface area contributed by atoms with E-state index in [1.165, 1.54) is 16.7 Å². The molecule has 0 aliphatic rings. The smallest absolute Gasteiger partial charge is 0.138 e. The summed E-state index contributed by atoms with van der Waals surface area (Å²) >= 11 is 0. The Labute approximate surface area is 163 Å². The van der Waals surface area contributed by atoms with Gasteiger partial charge in [0, 0.05) is 12.0 Å². The van der Waals surface area contributed by atoms with Crippen LogP contribution in [0.2, 0.25) is 0 Å². The van der Waals surface area contributed by atoms with E-state index in [0.29, 0.717) is 0 Å². The second kappa shape index (κ2) is 6.64. The third-order valence-electron chi connectivity index (χ3n) is 5.32. The van der Waals surface area contributed by atoms with Crippen molar-refractivity contribution in [3.05, 3.63) is 72.1 Å². The molecule has 5 aromatic rings. The highest BCUT2D eigenvalue weighted by Crippen LogP contribution is 2.28. The van der Waals surface area contributed by atoms with Crippen molar-refractivity contribution in [2.24, 2.45) is 0 Å². The SMILES string of the molecule is CCc1ccc(-c2nc3ccc(-c4ccc5nc(CC)[nH]c5c4)cc3[nH]2)cc1. The highest BCUT2D eigenvalue weighted by atomic mass is 14.9. The van der Waals surface area contributed by atoms with Crippen LogP contribution in [0.5, 0.6) is 0 Å². The monoisotopic (exact) mass is 366 g/mol.